The molecule has 0 aromatic carbocycles. The Morgan fingerprint density at radius 3 is 3.30 bits per heavy atom. The molecule has 1 aliphatic heterocycles. The molecule has 1 N–H and O–H groups in total. The van der Waals surface area contributed by atoms with E-state index in [1.807, 2.05) is 0 Å². The Kier molecular flexibility index (Phi) is 1.76. The molecule has 1 nitrogen and oxygen atoms in total. The molecule has 0 amide bonds. The predicted molar refractivity (Wildman–Crippen MR) is 42.8 cm³/mol. The number of piperidine rings is 1. The van der Waals surface area contributed by atoms with E-state index in [1.165, 1.54) is 32.4 Å². The monoisotopic (exact) mass is 137 g/mol. The van der Waals surface area contributed by atoms with Gasteiger partial charge in [-0.2, -0.15) is 0 Å². The van der Waals surface area contributed by atoms with Crippen LogP contribution in [0.5, 0.6) is 0 Å². The van der Waals surface area contributed by atoms with Crippen LogP contribution >= 0.6 is 0 Å². The van der Waals surface area contributed by atoms with Gasteiger partial charge in [0.2, 0.25) is 0 Å². The predicted octanol–water partition coefficient (Wildman–Crippen LogP) is 1.56. The molecular weight excluding hydrogens is 122 g/mol. The van der Waals surface area contributed by atoms with Crippen LogP contribution in [0, 0.1) is 11.8 Å². The largest absolute Gasteiger partial charge is 0.316 e. The molecule has 2 rings (SSSR count). The van der Waals surface area contributed by atoms with Gasteiger partial charge in [0.25, 0.3) is 0 Å². The van der Waals surface area contributed by atoms with Crippen molar-refractivity contribution < 1.29 is 0 Å². The highest BCUT2D eigenvalue weighted by Crippen LogP contribution is 2.24. The third-order valence-corrected chi connectivity index (χ3v) is 2.63. The summed E-state index contributed by atoms with van der Waals surface area (Å²) in [5.74, 6) is 1.81. The zero-order valence-corrected chi connectivity index (χ0v) is 6.34. The topological polar surface area (TPSA) is 12.0 Å². The lowest BCUT2D eigenvalue weighted by Crippen LogP contribution is -2.34. The van der Waals surface area contributed by atoms with Crippen molar-refractivity contribution in [2.45, 2.75) is 19.3 Å². The van der Waals surface area contributed by atoms with Gasteiger partial charge in [-0.25, -0.2) is 0 Å². The molecule has 1 heterocycles. The quantitative estimate of drug-likeness (QED) is 0.500. The van der Waals surface area contributed by atoms with Crippen molar-refractivity contribution >= 4 is 0 Å². The Bertz CT molecular complexity index is 140. The van der Waals surface area contributed by atoms with Crippen LogP contribution < -0.4 is 5.32 Å². The molecule has 10 heavy (non-hydrogen) atoms. The summed E-state index contributed by atoms with van der Waals surface area (Å²) in [5, 5.41) is 3.48. The highest BCUT2D eigenvalue weighted by Gasteiger charge is 2.20. The number of rotatable bonds is 0. The molecule has 0 spiro atoms. The minimum Gasteiger partial charge on any atom is -0.316 e. The summed E-state index contributed by atoms with van der Waals surface area (Å²) in [6.07, 6.45) is 8.90. The standard InChI is InChI=1S/C9H15N/c1-2-4-9-5-8(3-1)6-10-7-9/h1,3,8-10H,2,4-7H2. The number of hydrogen-bond donors (Lipinski definition) is 1. The fourth-order valence-electron chi connectivity index (χ4n) is 2.05. The van der Waals surface area contributed by atoms with E-state index in [0.29, 0.717) is 0 Å². The highest BCUT2D eigenvalue weighted by molar-refractivity contribution is 4.96. The Labute approximate surface area is 62.5 Å². The summed E-state index contributed by atoms with van der Waals surface area (Å²) in [6.45, 7) is 2.48. The Hall–Kier alpha value is -0.300. The minimum atomic E-state index is 0.848. The van der Waals surface area contributed by atoms with E-state index in [1.54, 1.807) is 0 Å². The first-order valence-corrected chi connectivity index (χ1v) is 4.32. The molecule has 1 heteroatoms. The van der Waals surface area contributed by atoms with Crippen molar-refractivity contribution in [3.05, 3.63) is 12.2 Å². The second kappa shape index (κ2) is 2.75. The van der Waals surface area contributed by atoms with Crippen molar-refractivity contribution in [1.82, 2.24) is 5.32 Å². The normalized spacial score (nSPS) is 39.2. The van der Waals surface area contributed by atoms with Crippen molar-refractivity contribution in [3.8, 4) is 0 Å². The first kappa shape index (κ1) is 6.41. The fourth-order valence-corrected chi connectivity index (χ4v) is 2.05. The zero-order chi connectivity index (χ0) is 6.81. The van der Waals surface area contributed by atoms with E-state index in [4.69, 9.17) is 0 Å². The van der Waals surface area contributed by atoms with Crippen molar-refractivity contribution in [2.24, 2.45) is 11.8 Å². The lowest BCUT2D eigenvalue weighted by atomic mass is 9.90. The van der Waals surface area contributed by atoms with Gasteiger partial charge in [0.1, 0.15) is 0 Å². The summed E-state index contributed by atoms with van der Waals surface area (Å²) < 4.78 is 0. The highest BCUT2D eigenvalue weighted by atomic mass is 14.9. The lowest BCUT2D eigenvalue weighted by Gasteiger charge is -2.26. The second-order valence-corrected chi connectivity index (χ2v) is 3.53. The van der Waals surface area contributed by atoms with Crippen molar-refractivity contribution in [3.63, 3.8) is 0 Å². The fraction of sp³-hybridized carbons (Fsp3) is 0.778. The van der Waals surface area contributed by atoms with Crippen molar-refractivity contribution in [2.75, 3.05) is 13.1 Å². The van der Waals surface area contributed by atoms with Crippen LogP contribution in [-0.4, -0.2) is 13.1 Å². The molecule has 56 valence electrons. The van der Waals surface area contributed by atoms with Gasteiger partial charge in [0.15, 0.2) is 0 Å². The molecule has 2 atom stereocenters. The summed E-state index contributed by atoms with van der Waals surface area (Å²) in [4.78, 5) is 0. The Morgan fingerprint density at radius 2 is 2.30 bits per heavy atom. The second-order valence-electron chi connectivity index (χ2n) is 3.53. The summed E-state index contributed by atoms with van der Waals surface area (Å²) in [6, 6.07) is 0. The summed E-state index contributed by atoms with van der Waals surface area (Å²) >= 11 is 0. The van der Waals surface area contributed by atoms with E-state index < -0.39 is 0 Å². The maximum absolute atomic E-state index is 3.48. The third kappa shape index (κ3) is 1.24. The first-order chi connectivity index (χ1) is 4.95. The van der Waals surface area contributed by atoms with E-state index >= 15 is 0 Å². The number of fused-ring (bicyclic) bond motifs is 2. The van der Waals surface area contributed by atoms with Crippen LogP contribution in [0.4, 0.5) is 0 Å². The van der Waals surface area contributed by atoms with Crippen LogP contribution in [0.1, 0.15) is 19.3 Å². The summed E-state index contributed by atoms with van der Waals surface area (Å²) in [5.41, 5.74) is 0. The van der Waals surface area contributed by atoms with Gasteiger partial charge >= 0.3 is 0 Å². The lowest BCUT2D eigenvalue weighted by molar-refractivity contribution is 0.319. The zero-order valence-electron chi connectivity index (χ0n) is 6.34. The van der Waals surface area contributed by atoms with E-state index in [0.717, 1.165) is 11.8 Å². The molecule has 1 aliphatic carbocycles. The molecule has 2 unspecified atom stereocenters. The first-order valence-electron chi connectivity index (χ1n) is 4.32. The van der Waals surface area contributed by atoms with Crippen LogP contribution in [0.3, 0.4) is 0 Å². The Balaban J connectivity index is 2.04. The van der Waals surface area contributed by atoms with Gasteiger partial charge in [-0.3, -0.25) is 0 Å². The molecule has 1 saturated heterocycles. The molecule has 0 aromatic rings. The van der Waals surface area contributed by atoms with E-state index in [2.05, 4.69) is 17.5 Å². The number of hydrogen-bond acceptors (Lipinski definition) is 1. The van der Waals surface area contributed by atoms with Gasteiger partial charge in [0.05, 0.1) is 0 Å². The maximum atomic E-state index is 3.48. The average Bonchev–Trinajstić information content (AvgIpc) is 2.12. The SMILES string of the molecule is C1=CC2CNCC(CC1)C2. The number of nitrogens with one attached hydrogen (secondary N) is 1. The molecule has 2 aliphatic rings. The van der Waals surface area contributed by atoms with Gasteiger partial charge < -0.3 is 5.32 Å². The molecular formula is C9H15N. The van der Waals surface area contributed by atoms with Gasteiger partial charge in [-0.15, -0.1) is 0 Å². The maximum Gasteiger partial charge on any atom is 0.00144 e. The average molecular weight is 137 g/mol. The van der Waals surface area contributed by atoms with Crippen LogP contribution in [0.25, 0.3) is 0 Å². The smallest absolute Gasteiger partial charge is 0.00144 e. The third-order valence-electron chi connectivity index (χ3n) is 2.63. The van der Waals surface area contributed by atoms with E-state index in [9.17, 15) is 0 Å². The summed E-state index contributed by atoms with van der Waals surface area (Å²) in [7, 11) is 0. The van der Waals surface area contributed by atoms with Crippen LogP contribution in [0.2, 0.25) is 0 Å². The van der Waals surface area contributed by atoms with Gasteiger partial charge in [-0.1, -0.05) is 12.2 Å². The van der Waals surface area contributed by atoms with Crippen LogP contribution in [0.15, 0.2) is 12.2 Å². The van der Waals surface area contributed by atoms with Crippen molar-refractivity contribution in [1.29, 1.82) is 0 Å². The van der Waals surface area contributed by atoms with Crippen LogP contribution in [-0.2, 0) is 0 Å². The van der Waals surface area contributed by atoms with Gasteiger partial charge in [-0.05, 0) is 37.6 Å². The minimum absolute atomic E-state index is 0.848. The molecule has 2 bridgehead atoms. The molecule has 0 saturated carbocycles. The molecule has 0 aromatic heterocycles. The molecule has 1 fully saturated rings. The Morgan fingerprint density at radius 1 is 1.30 bits per heavy atom. The molecule has 0 radical (unpaired) electrons. The van der Waals surface area contributed by atoms with E-state index in [-0.39, 0.29) is 0 Å². The van der Waals surface area contributed by atoms with Gasteiger partial charge in [0, 0.05) is 6.54 Å². The number of allylic oxidation sites excluding steroid dienone is 1.